The first-order valence-electron chi connectivity index (χ1n) is 6.05. The second-order valence-electron chi connectivity index (χ2n) is 4.62. The molecule has 18 heavy (non-hydrogen) atoms. The molecule has 0 spiro atoms. The lowest BCUT2D eigenvalue weighted by molar-refractivity contribution is 0.0367. The molecule has 1 aromatic carbocycles. The lowest BCUT2D eigenvalue weighted by Gasteiger charge is -2.36. The molecule has 1 saturated heterocycles. The third kappa shape index (κ3) is 2.75. The van der Waals surface area contributed by atoms with Gasteiger partial charge in [-0.15, -0.1) is 0 Å². The number of aliphatic hydroxyl groups excluding tert-OH is 1. The van der Waals surface area contributed by atoms with Gasteiger partial charge in [0.2, 0.25) is 0 Å². The lowest BCUT2D eigenvalue weighted by atomic mass is 10.1. The molecule has 5 heteroatoms. The summed E-state index contributed by atoms with van der Waals surface area (Å²) in [6.07, 6.45) is -0.475. The summed E-state index contributed by atoms with van der Waals surface area (Å²) in [6, 6.07) is 5.40. The molecule has 0 aromatic heterocycles. The number of nitrogens with zero attached hydrogens (tertiary/aromatic N) is 1. The van der Waals surface area contributed by atoms with Crippen molar-refractivity contribution in [3.05, 3.63) is 23.8 Å². The summed E-state index contributed by atoms with van der Waals surface area (Å²) in [5.41, 5.74) is 6.20. The van der Waals surface area contributed by atoms with Gasteiger partial charge in [0.05, 0.1) is 13.2 Å². The van der Waals surface area contributed by atoms with E-state index in [-0.39, 0.29) is 12.6 Å². The molecule has 5 nitrogen and oxygen atoms in total. The van der Waals surface area contributed by atoms with Crippen LogP contribution < -0.4 is 15.2 Å². The molecule has 0 aliphatic carbocycles. The quantitative estimate of drug-likeness (QED) is 0.793. The summed E-state index contributed by atoms with van der Waals surface area (Å²) in [5, 5.41) is 9.74. The van der Waals surface area contributed by atoms with Gasteiger partial charge in [0.25, 0.3) is 0 Å². The average molecular weight is 252 g/mol. The standard InChI is InChI=1S/C13H20N2O3/c1-15-7-10(8-15)18-13-5-9(11(16)6-14)3-4-12(13)17-2/h3-5,10-11,16H,6-8,14H2,1-2H3. The largest absolute Gasteiger partial charge is 0.493 e. The molecule has 1 aliphatic heterocycles. The summed E-state index contributed by atoms with van der Waals surface area (Å²) in [6.45, 7) is 2.01. The maximum atomic E-state index is 9.74. The topological polar surface area (TPSA) is 68.0 Å². The maximum absolute atomic E-state index is 9.74. The maximum Gasteiger partial charge on any atom is 0.162 e. The smallest absolute Gasteiger partial charge is 0.162 e. The van der Waals surface area contributed by atoms with E-state index in [2.05, 4.69) is 4.90 Å². The number of rotatable bonds is 5. The van der Waals surface area contributed by atoms with Crippen LogP contribution in [0.15, 0.2) is 18.2 Å². The van der Waals surface area contributed by atoms with Crippen molar-refractivity contribution in [1.29, 1.82) is 0 Å². The van der Waals surface area contributed by atoms with Crippen molar-refractivity contribution in [2.45, 2.75) is 12.2 Å². The highest BCUT2D eigenvalue weighted by molar-refractivity contribution is 5.44. The first kappa shape index (κ1) is 13.1. The van der Waals surface area contributed by atoms with Crippen LogP contribution in [0.25, 0.3) is 0 Å². The van der Waals surface area contributed by atoms with E-state index >= 15 is 0 Å². The minimum Gasteiger partial charge on any atom is -0.493 e. The zero-order valence-corrected chi connectivity index (χ0v) is 10.8. The minimum atomic E-state index is -0.665. The lowest BCUT2D eigenvalue weighted by Crippen LogP contribution is -2.51. The Kier molecular flexibility index (Phi) is 4.06. The number of nitrogens with two attached hydrogens (primary N) is 1. The summed E-state index contributed by atoms with van der Waals surface area (Å²) >= 11 is 0. The van der Waals surface area contributed by atoms with Gasteiger partial charge in [-0.3, -0.25) is 4.90 Å². The van der Waals surface area contributed by atoms with Gasteiger partial charge in [0.1, 0.15) is 6.10 Å². The molecule has 1 unspecified atom stereocenters. The molecule has 1 aliphatic rings. The molecule has 1 atom stereocenters. The fourth-order valence-electron chi connectivity index (χ4n) is 2.02. The summed E-state index contributed by atoms with van der Waals surface area (Å²) in [5.74, 6) is 1.35. The average Bonchev–Trinajstić information content (AvgIpc) is 2.36. The van der Waals surface area contributed by atoms with Crippen molar-refractivity contribution in [3.63, 3.8) is 0 Å². The van der Waals surface area contributed by atoms with Gasteiger partial charge in [0.15, 0.2) is 11.5 Å². The van der Waals surface area contributed by atoms with Crippen LogP contribution in [0.3, 0.4) is 0 Å². The predicted molar refractivity (Wildman–Crippen MR) is 68.9 cm³/mol. The summed E-state index contributed by atoms with van der Waals surface area (Å²) in [4.78, 5) is 2.18. The Balaban J connectivity index is 2.14. The first-order valence-corrected chi connectivity index (χ1v) is 6.05. The first-order chi connectivity index (χ1) is 8.63. The molecule has 0 radical (unpaired) electrons. The molecule has 1 fully saturated rings. The van der Waals surface area contributed by atoms with E-state index in [1.54, 1.807) is 25.3 Å². The Labute approximate surface area is 107 Å². The van der Waals surface area contributed by atoms with Crippen molar-refractivity contribution < 1.29 is 14.6 Å². The van der Waals surface area contributed by atoms with Crippen molar-refractivity contribution in [3.8, 4) is 11.5 Å². The van der Waals surface area contributed by atoms with E-state index in [1.807, 2.05) is 7.05 Å². The number of ether oxygens (including phenoxy) is 2. The van der Waals surface area contributed by atoms with E-state index < -0.39 is 6.10 Å². The number of likely N-dealkylation sites (tertiary alicyclic amines) is 1. The van der Waals surface area contributed by atoms with Crippen LogP contribution in [-0.4, -0.2) is 49.9 Å². The third-order valence-electron chi connectivity index (χ3n) is 3.12. The highest BCUT2D eigenvalue weighted by atomic mass is 16.5. The van der Waals surface area contributed by atoms with Gasteiger partial charge in [0, 0.05) is 19.6 Å². The van der Waals surface area contributed by atoms with Crippen molar-refractivity contribution >= 4 is 0 Å². The van der Waals surface area contributed by atoms with Crippen molar-refractivity contribution in [2.75, 3.05) is 33.8 Å². The van der Waals surface area contributed by atoms with Gasteiger partial charge < -0.3 is 20.3 Å². The number of hydrogen-bond acceptors (Lipinski definition) is 5. The monoisotopic (exact) mass is 252 g/mol. The minimum absolute atomic E-state index is 0.189. The number of benzene rings is 1. The van der Waals surface area contributed by atoms with Crippen LogP contribution >= 0.6 is 0 Å². The van der Waals surface area contributed by atoms with E-state index in [0.717, 1.165) is 18.7 Å². The fourth-order valence-corrected chi connectivity index (χ4v) is 2.02. The van der Waals surface area contributed by atoms with Gasteiger partial charge in [-0.2, -0.15) is 0 Å². The van der Waals surface area contributed by atoms with Crippen LogP contribution in [0.1, 0.15) is 11.7 Å². The van der Waals surface area contributed by atoms with Gasteiger partial charge >= 0.3 is 0 Å². The SMILES string of the molecule is COc1ccc(C(O)CN)cc1OC1CN(C)C1. The molecule has 0 saturated carbocycles. The molecule has 2 rings (SSSR count). The normalized spacial score (nSPS) is 18.2. The summed E-state index contributed by atoms with van der Waals surface area (Å²) in [7, 11) is 3.65. The van der Waals surface area contributed by atoms with E-state index in [0.29, 0.717) is 11.5 Å². The van der Waals surface area contributed by atoms with Gasteiger partial charge in [-0.25, -0.2) is 0 Å². The Bertz CT molecular complexity index is 405. The Morgan fingerprint density at radius 3 is 2.72 bits per heavy atom. The van der Waals surface area contributed by atoms with Crippen LogP contribution in [0.4, 0.5) is 0 Å². The number of hydrogen-bond donors (Lipinski definition) is 2. The highest BCUT2D eigenvalue weighted by Crippen LogP contribution is 2.32. The van der Waals surface area contributed by atoms with E-state index in [1.165, 1.54) is 0 Å². The van der Waals surface area contributed by atoms with Crippen molar-refractivity contribution in [1.82, 2.24) is 4.90 Å². The number of aliphatic hydroxyl groups is 1. The highest BCUT2D eigenvalue weighted by Gasteiger charge is 2.26. The second-order valence-corrected chi connectivity index (χ2v) is 4.62. The number of likely N-dealkylation sites (N-methyl/N-ethyl adjacent to an activating group) is 1. The van der Waals surface area contributed by atoms with Crippen molar-refractivity contribution in [2.24, 2.45) is 5.73 Å². The van der Waals surface area contributed by atoms with E-state index in [4.69, 9.17) is 15.2 Å². The summed E-state index contributed by atoms with van der Waals surface area (Å²) < 4.78 is 11.1. The molecule has 0 bridgehead atoms. The Morgan fingerprint density at radius 2 is 2.17 bits per heavy atom. The zero-order chi connectivity index (χ0) is 13.1. The Hall–Kier alpha value is -1.30. The van der Waals surface area contributed by atoms with Crippen LogP contribution in [0.2, 0.25) is 0 Å². The predicted octanol–water partition coefficient (Wildman–Crippen LogP) is 0.380. The molecular formula is C13H20N2O3. The van der Waals surface area contributed by atoms with E-state index in [9.17, 15) is 5.11 Å². The van der Waals surface area contributed by atoms with Crippen LogP contribution in [0.5, 0.6) is 11.5 Å². The molecule has 100 valence electrons. The Morgan fingerprint density at radius 1 is 1.44 bits per heavy atom. The third-order valence-corrected chi connectivity index (χ3v) is 3.12. The van der Waals surface area contributed by atoms with Crippen LogP contribution in [0, 0.1) is 0 Å². The number of methoxy groups -OCH3 is 1. The zero-order valence-electron chi connectivity index (χ0n) is 10.8. The fraction of sp³-hybridized carbons (Fsp3) is 0.538. The molecular weight excluding hydrogens is 232 g/mol. The molecule has 3 N–H and O–H groups in total. The molecule has 1 aromatic rings. The van der Waals surface area contributed by atoms with Gasteiger partial charge in [-0.05, 0) is 24.7 Å². The molecule has 1 heterocycles. The molecule has 0 amide bonds. The van der Waals surface area contributed by atoms with Crippen LogP contribution in [-0.2, 0) is 0 Å². The second kappa shape index (κ2) is 5.56. The van der Waals surface area contributed by atoms with Gasteiger partial charge in [-0.1, -0.05) is 6.07 Å².